The van der Waals surface area contributed by atoms with Crippen molar-refractivity contribution in [2.24, 2.45) is 11.1 Å². The average Bonchev–Trinajstić information content (AvgIpc) is 2.52. The Balaban J connectivity index is 2.03. The fraction of sp³-hybridized carbons (Fsp3) is 0.667. The Labute approximate surface area is 129 Å². The van der Waals surface area contributed by atoms with E-state index in [2.05, 4.69) is 43.0 Å². The predicted octanol–water partition coefficient (Wildman–Crippen LogP) is 3.60. The number of hydrogen-bond acceptors (Lipinski definition) is 3. The minimum absolute atomic E-state index is 0.335. The molecule has 0 saturated carbocycles. The lowest BCUT2D eigenvalue weighted by molar-refractivity contribution is 0.0829. The first-order chi connectivity index (χ1) is 10.1. The van der Waals surface area contributed by atoms with Crippen LogP contribution in [-0.2, 0) is 0 Å². The van der Waals surface area contributed by atoms with Gasteiger partial charge in [0.05, 0.1) is 6.61 Å². The molecule has 2 rings (SSSR count). The average molecular weight is 290 g/mol. The Morgan fingerprint density at radius 3 is 2.29 bits per heavy atom. The SMILES string of the molecule is CCOc1ccc(C(CN)N2CCC(C)(CC)CC2)cc1. The van der Waals surface area contributed by atoms with Crippen molar-refractivity contribution in [1.29, 1.82) is 0 Å². The van der Waals surface area contributed by atoms with Crippen LogP contribution in [0.25, 0.3) is 0 Å². The highest BCUT2D eigenvalue weighted by molar-refractivity contribution is 5.29. The van der Waals surface area contributed by atoms with E-state index in [4.69, 9.17) is 10.5 Å². The molecule has 3 heteroatoms. The van der Waals surface area contributed by atoms with E-state index in [1.807, 2.05) is 6.92 Å². The number of nitrogens with two attached hydrogens (primary N) is 1. The van der Waals surface area contributed by atoms with Gasteiger partial charge in [-0.25, -0.2) is 0 Å². The van der Waals surface area contributed by atoms with Crippen molar-refractivity contribution in [3.8, 4) is 5.75 Å². The van der Waals surface area contributed by atoms with E-state index in [1.54, 1.807) is 0 Å². The molecule has 1 saturated heterocycles. The molecule has 3 nitrogen and oxygen atoms in total. The topological polar surface area (TPSA) is 38.5 Å². The van der Waals surface area contributed by atoms with Crippen molar-refractivity contribution >= 4 is 0 Å². The number of hydrogen-bond donors (Lipinski definition) is 1. The molecule has 1 aliphatic rings. The second-order valence-corrected chi connectivity index (χ2v) is 6.45. The molecule has 0 aromatic heterocycles. The summed E-state index contributed by atoms with van der Waals surface area (Å²) in [6, 6.07) is 8.78. The first-order valence-electron chi connectivity index (χ1n) is 8.28. The van der Waals surface area contributed by atoms with Crippen molar-refractivity contribution < 1.29 is 4.74 Å². The molecule has 1 atom stereocenters. The summed E-state index contributed by atoms with van der Waals surface area (Å²) in [4.78, 5) is 2.55. The maximum Gasteiger partial charge on any atom is 0.119 e. The van der Waals surface area contributed by atoms with Crippen LogP contribution >= 0.6 is 0 Å². The molecular weight excluding hydrogens is 260 g/mol. The third kappa shape index (κ3) is 3.98. The van der Waals surface area contributed by atoms with Gasteiger partial charge in [-0.2, -0.15) is 0 Å². The standard InChI is InChI=1S/C18H30N2O/c1-4-18(3)10-12-20(13-11-18)17(14-19)15-6-8-16(9-7-15)21-5-2/h6-9,17H,4-5,10-14,19H2,1-3H3. The summed E-state index contributed by atoms with van der Waals surface area (Å²) < 4.78 is 5.52. The minimum atomic E-state index is 0.335. The highest BCUT2D eigenvalue weighted by Crippen LogP contribution is 2.36. The van der Waals surface area contributed by atoms with E-state index >= 15 is 0 Å². The summed E-state index contributed by atoms with van der Waals surface area (Å²) in [6.07, 6.45) is 3.82. The van der Waals surface area contributed by atoms with Crippen LogP contribution in [0, 0.1) is 5.41 Å². The number of rotatable bonds is 6. The summed E-state index contributed by atoms with van der Waals surface area (Å²) in [6.45, 7) is 10.4. The van der Waals surface area contributed by atoms with Crippen molar-refractivity contribution in [1.82, 2.24) is 4.90 Å². The Morgan fingerprint density at radius 1 is 1.19 bits per heavy atom. The monoisotopic (exact) mass is 290 g/mol. The summed E-state index contributed by atoms with van der Waals surface area (Å²) in [5.74, 6) is 0.939. The Kier molecular flexibility index (Phi) is 5.65. The molecule has 1 aliphatic heterocycles. The van der Waals surface area contributed by atoms with Crippen LogP contribution in [0.15, 0.2) is 24.3 Å². The van der Waals surface area contributed by atoms with E-state index in [0.717, 1.165) is 18.8 Å². The zero-order valence-corrected chi connectivity index (χ0v) is 13.8. The molecule has 21 heavy (non-hydrogen) atoms. The van der Waals surface area contributed by atoms with Crippen LogP contribution in [-0.4, -0.2) is 31.1 Å². The molecule has 2 N–H and O–H groups in total. The Hall–Kier alpha value is -1.06. The van der Waals surface area contributed by atoms with Crippen LogP contribution in [0.3, 0.4) is 0 Å². The molecule has 0 radical (unpaired) electrons. The number of benzene rings is 1. The third-order valence-electron chi connectivity index (χ3n) is 5.10. The first kappa shape index (κ1) is 16.3. The first-order valence-corrected chi connectivity index (χ1v) is 8.28. The number of ether oxygens (including phenoxy) is 1. The van der Waals surface area contributed by atoms with Gasteiger partial charge in [0, 0.05) is 12.6 Å². The van der Waals surface area contributed by atoms with Gasteiger partial charge >= 0.3 is 0 Å². The van der Waals surface area contributed by atoms with Gasteiger partial charge in [0.25, 0.3) is 0 Å². The lowest BCUT2D eigenvalue weighted by Crippen LogP contribution is -2.42. The molecule has 0 amide bonds. The van der Waals surface area contributed by atoms with E-state index in [0.29, 0.717) is 24.6 Å². The third-order valence-corrected chi connectivity index (χ3v) is 5.10. The van der Waals surface area contributed by atoms with E-state index in [1.165, 1.54) is 24.8 Å². The second kappa shape index (κ2) is 7.28. The Morgan fingerprint density at radius 2 is 1.81 bits per heavy atom. The largest absolute Gasteiger partial charge is 0.494 e. The molecule has 1 fully saturated rings. The van der Waals surface area contributed by atoms with E-state index < -0.39 is 0 Å². The zero-order chi connectivity index (χ0) is 15.3. The van der Waals surface area contributed by atoms with Gasteiger partial charge in [-0.1, -0.05) is 32.4 Å². The van der Waals surface area contributed by atoms with Gasteiger partial charge in [0.1, 0.15) is 5.75 Å². The maximum atomic E-state index is 6.06. The van der Waals surface area contributed by atoms with Crippen LogP contribution in [0.2, 0.25) is 0 Å². The van der Waals surface area contributed by atoms with Gasteiger partial charge in [0.15, 0.2) is 0 Å². The van der Waals surface area contributed by atoms with Gasteiger partial charge in [-0.3, -0.25) is 4.90 Å². The van der Waals surface area contributed by atoms with Crippen molar-refractivity contribution in [3.63, 3.8) is 0 Å². The normalized spacial score (nSPS) is 20.2. The van der Waals surface area contributed by atoms with Crippen molar-refractivity contribution in [2.75, 3.05) is 26.2 Å². The molecule has 1 unspecified atom stereocenters. The molecular formula is C18H30N2O. The Bertz CT molecular complexity index is 421. The summed E-state index contributed by atoms with van der Waals surface area (Å²) in [7, 11) is 0. The number of piperidine rings is 1. The van der Waals surface area contributed by atoms with Gasteiger partial charge in [0.2, 0.25) is 0 Å². The number of nitrogens with zero attached hydrogens (tertiary/aromatic N) is 1. The molecule has 118 valence electrons. The lowest BCUT2D eigenvalue weighted by Gasteiger charge is -2.42. The predicted molar refractivity (Wildman–Crippen MR) is 88.6 cm³/mol. The quantitative estimate of drug-likeness (QED) is 0.870. The van der Waals surface area contributed by atoms with E-state index in [-0.39, 0.29) is 0 Å². The number of likely N-dealkylation sites (tertiary alicyclic amines) is 1. The zero-order valence-electron chi connectivity index (χ0n) is 13.8. The molecule has 0 aliphatic carbocycles. The van der Waals surface area contributed by atoms with Gasteiger partial charge in [-0.05, 0) is 56.0 Å². The van der Waals surface area contributed by atoms with Crippen molar-refractivity contribution in [2.45, 2.75) is 46.1 Å². The molecule has 0 spiro atoms. The van der Waals surface area contributed by atoms with Crippen LogP contribution in [0.1, 0.15) is 51.6 Å². The molecule has 1 heterocycles. The molecule has 0 bridgehead atoms. The summed E-state index contributed by atoms with van der Waals surface area (Å²) in [5.41, 5.74) is 7.89. The van der Waals surface area contributed by atoms with Crippen LogP contribution in [0.5, 0.6) is 5.75 Å². The van der Waals surface area contributed by atoms with Gasteiger partial charge < -0.3 is 10.5 Å². The smallest absolute Gasteiger partial charge is 0.119 e. The highest BCUT2D eigenvalue weighted by atomic mass is 16.5. The second-order valence-electron chi connectivity index (χ2n) is 6.45. The highest BCUT2D eigenvalue weighted by Gasteiger charge is 2.31. The fourth-order valence-corrected chi connectivity index (χ4v) is 3.18. The fourth-order valence-electron chi connectivity index (χ4n) is 3.18. The maximum absolute atomic E-state index is 6.06. The summed E-state index contributed by atoms with van der Waals surface area (Å²) in [5, 5.41) is 0. The van der Waals surface area contributed by atoms with Gasteiger partial charge in [-0.15, -0.1) is 0 Å². The van der Waals surface area contributed by atoms with Crippen LogP contribution in [0.4, 0.5) is 0 Å². The molecule has 1 aromatic carbocycles. The molecule has 1 aromatic rings. The summed E-state index contributed by atoms with van der Waals surface area (Å²) >= 11 is 0. The minimum Gasteiger partial charge on any atom is -0.494 e. The van der Waals surface area contributed by atoms with E-state index in [9.17, 15) is 0 Å². The van der Waals surface area contributed by atoms with Crippen molar-refractivity contribution in [3.05, 3.63) is 29.8 Å². The van der Waals surface area contributed by atoms with Crippen LogP contribution < -0.4 is 10.5 Å². The lowest BCUT2D eigenvalue weighted by atomic mass is 9.78.